The second-order valence-electron chi connectivity index (χ2n) is 4.36. The first-order chi connectivity index (χ1) is 8.17. The normalized spacial score (nSPS) is 14.6. The smallest absolute Gasteiger partial charge is 0.0953 e. The number of methoxy groups -OCH3 is 1. The molecule has 0 heterocycles. The molecular formula is C14H23NO2. The fourth-order valence-corrected chi connectivity index (χ4v) is 1.85. The fraction of sp³-hybridized carbons (Fsp3) is 0.571. The van der Waals surface area contributed by atoms with Gasteiger partial charge < -0.3 is 14.8 Å². The van der Waals surface area contributed by atoms with Gasteiger partial charge in [-0.25, -0.2) is 0 Å². The third-order valence-corrected chi connectivity index (χ3v) is 2.60. The summed E-state index contributed by atoms with van der Waals surface area (Å²) in [6, 6.07) is 8.44. The van der Waals surface area contributed by atoms with E-state index in [2.05, 4.69) is 36.5 Å². The first-order valence-corrected chi connectivity index (χ1v) is 6.03. The molecule has 0 amide bonds. The molecule has 2 atom stereocenters. The Hall–Kier alpha value is -0.900. The van der Waals surface area contributed by atoms with E-state index in [4.69, 9.17) is 9.47 Å². The highest BCUT2D eigenvalue weighted by molar-refractivity contribution is 5.24. The first kappa shape index (κ1) is 14.2. The van der Waals surface area contributed by atoms with Gasteiger partial charge in [0.25, 0.3) is 0 Å². The van der Waals surface area contributed by atoms with Gasteiger partial charge in [0, 0.05) is 13.7 Å². The Balaban J connectivity index is 2.71. The van der Waals surface area contributed by atoms with Crippen LogP contribution in [-0.4, -0.2) is 33.4 Å². The first-order valence-electron chi connectivity index (χ1n) is 6.03. The zero-order valence-corrected chi connectivity index (χ0v) is 11.2. The fourth-order valence-electron chi connectivity index (χ4n) is 1.85. The van der Waals surface area contributed by atoms with E-state index in [0.717, 1.165) is 6.54 Å². The van der Waals surface area contributed by atoms with Crippen LogP contribution in [0.15, 0.2) is 24.3 Å². The third-order valence-electron chi connectivity index (χ3n) is 2.60. The van der Waals surface area contributed by atoms with Gasteiger partial charge in [-0.1, -0.05) is 29.8 Å². The monoisotopic (exact) mass is 237 g/mol. The summed E-state index contributed by atoms with van der Waals surface area (Å²) >= 11 is 0. The lowest BCUT2D eigenvalue weighted by molar-refractivity contribution is -0.0387. The van der Waals surface area contributed by atoms with Gasteiger partial charge >= 0.3 is 0 Å². The molecule has 3 nitrogen and oxygen atoms in total. The summed E-state index contributed by atoms with van der Waals surface area (Å²) in [5, 5.41) is 3.17. The molecule has 1 rings (SSSR count). The molecule has 1 aromatic rings. The van der Waals surface area contributed by atoms with Crippen molar-refractivity contribution in [2.45, 2.75) is 26.1 Å². The highest BCUT2D eigenvalue weighted by Crippen LogP contribution is 2.19. The van der Waals surface area contributed by atoms with Crippen LogP contribution in [0.25, 0.3) is 0 Å². The lowest BCUT2D eigenvalue weighted by atomic mass is 10.1. The summed E-state index contributed by atoms with van der Waals surface area (Å²) in [4.78, 5) is 0. The number of likely N-dealkylation sites (N-methyl/N-ethyl adjacent to an activating group) is 1. The summed E-state index contributed by atoms with van der Waals surface area (Å²) in [6.07, 6.45) is 0.170. The van der Waals surface area contributed by atoms with E-state index in [1.807, 2.05) is 14.0 Å². The molecule has 1 N–H and O–H groups in total. The maximum Gasteiger partial charge on any atom is 0.0953 e. The summed E-state index contributed by atoms with van der Waals surface area (Å²) in [5.74, 6) is 0. The van der Waals surface area contributed by atoms with Gasteiger partial charge in [-0.2, -0.15) is 0 Å². The van der Waals surface area contributed by atoms with Crippen LogP contribution < -0.4 is 5.32 Å². The summed E-state index contributed by atoms with van der Waals surface area (Å²) in [5.41, 5.74) is 2.47. The molecule has 3 heteroatoms. The molecular weight excluding hydrogens is 214 g/mol. The Labute approximate surface area is 104 Å². The second kappa shape index (κ2) is 7.43. The Morgan fingerprint density at radius 3 is 2.71 bits per heavy atom. The van der Waals surface area contributed by atoms with Gasteiger partial charge in [0.1, 0.15) is 0 Å². The molecule has 0 aromatic heterocycles. The van der Waals surface area contributed by atoms with E-state index in [-0.39, 0.29) is 12.2 Å². The minimum Gasteiger partial charge on any atom is -0.382 e. The van der Waals surface area contributed by atoms with Crippen molar-refractivity contribution in [1.82, 2.24) is 5.32 Å². The van der Waals surface area contributed by atoms with Crippen LogP contribution >= 0.6 is 0 Å². The minimum atomic E-state index is 0.0741. The minimum absolute atomic E-state index is 0.0741. The van der Waals surface area contributed by atoms with Crippen molar-refractivity contribution in [3.63, 3.8) is 0 Å². The average molecular weight is 237 g/mol. The van der Waals surface area contributed by atoms with Gasteiger partial charge in [-0.05, 0) is 26.5 Å². The van der Waals surface area contributed by atoms with Gasteiger partial charge in [0.15, 0.2) is 0 Å². The number of benzene rings is 1. The van der Waals surface area contributed by atoms with Crippen LogP contribution in [0.1, 0.15) is 24.2 Å². The highest BCUT2D eigenvalue weighted by atomic mass is 16.5. The summed E-state index contributed by atoms with van der Waals surface area (Å²) in [7, 11) is 3.63. The number of hydrogen-bond donors (Lipinski definition) is 1. The molecule has 0 fully saturated rings. The van der Waals surface area contributed by atoms with Gasteiger partial charge in [-0.15, -0.1) is 0 Å². The predicted octanol–water partition coefficient (Wildman–Crippen LogP) is 2.31. The summed E-state index contributed by atoms with van der Waals surface area (Å²) < 4.78 is 11.1. The van der Waals surface area contributed by atoms with Crippen LogP contribution in [0.2, 0.25) is 0 Å². The lowest BCUT2D eigenvalue weighted by Gasteiger charge is -2.22. The number of rotatable bonds is 7. The molecule has 0 radical (unpaired) electrons. The molecule has 1 aromatic carbocycles. The standard InChI is InChI=1S/C14H23NO2/c1-11-6-5-7-13(8-11)14(9-15-3)17-12(2)10-16-4/h5-8,12,14-15H,9-10H2,1-4H3. The molecule has 96 valence electrons. The number of aryl methyl sites for hydroxylation is 1. The van der Waals surface area contributed by atoms with Crippen molar-refractivity contribution in [2.75, 3.05) is 27.3 Å². The third kappa shape index (κ3) is 4.86. The Kier molecular flexibility index (Phi) is 6.19. The predicted molar refractivity (Wildman–Crippen MR) is 70.3 cm³/mol. The second-order valence-corrected chi connectivity index (χ2v) is 4.36. The van der Waals surface area contributed by atoms with Crippen LogP contribution in [0.5, 0.6) is 0 Å². The van der Waals surface area contributed by atoms with Crippen molar-refractivity contribution >= 4 is 0 Å². The number of hydrogen-bond acceptors (Lipinski definition) is 3. The van der Waals surface area contributed by atoms with Crippen molar-refractivity contribution in [3.8, 4) is 0 Å². The zero-order chi connectivity index (χ0) is 12.7. The lowest BCUT2D eigenvalue weighted by Crippen LogP contribution is -2.25. The van der Waals surface area contributed by atoms with E-state index in [0.29, 0.717) is 6.61 Å². The van der Waals surface area contributed by atoms with E-state index >= 15 is 0 Å². The highest BCUT2D eigenvalue weighted by Gasteiger charge is 2.14. The molecule has 0 aliphatic carbocycles. The molecule has 0 saturated carbocycles. The van der Waals surface area contributed by atoms with Crippen LogP contribution in [-0.2, 0) is 9.47 Å². The zero-order valence-electron chi connectivity index (χ0n) is 11.2. The van der Waals surface area contributed by atoms with E-state index in [1.54, 1.807) is 7.11 Å². The van der Waals surface area contributed by atoms with Crippen molar-refractivity contribution in [2.24, 2.45) is 0 Å². The molecule has 0 saturated heterocycles. The summed E-state index contributed by atoms with van der Waals surface area (Å²) in [6.45, 7) is 5.55. The van der Waals surface area contributed by atoms with Crippen LogP contribution in [0.3, 0.4) is 0 Å². The van der Waals surface area contributed by atoms with Crippen molar-refractivity contribution in [1.29, 1.82) is 0 Å². The Morgan fingerprint density at radius 1 is 1.35 bits per heavy atom. The molecule has 2 unspecified atom stereocenters. The van der Waals surface area contributed by atoms with Gasteiger partial charge in [0.2, 0.25) is 0 Å². The molecule has 0 bridgehead atoms. The largest absolute Gasteiger partial charge is 0.382 e. The maximum atomic E-state index is 5.98. The Bertz CT molecular complexity index is 328. The van der Waals surface area contributed by atoms with E-state index in [1.165, 1.54) is 11.1 Å². The maximum absolute atomic E-state index is 5.98. The Morgan fingerprint density at radius 2 is 2.12 bits per heavy atom. The molecule has 0 aliphatic rings. The average Bonchev–Trinajstić information content (AvgIpc) is 2.29. The molecule has 17 heavy (non-hydrogen) atoms. The molecule has 0 spiro atoms. The molecule has 0 aliphatic heterocycles. The van der Waals surface area contributed by atoms with Crippen molar-refractivity contribution in [3.05, 3.63) is 35.4 Å². The number of ether oxygens (including phenoxy) is 2. The van der Waals surface area contributed by atoms with Gasteiger partial charge in [0.05, 0.1) is 18.8 Å². The SMILES string of the molecule is CNCC(OC(C)COC)c1cccc(C)c1. The van der Waals surface area contributed by atoms with Crippen molar-refractivity contribution < 1.29 is 9.47 Å². The van der Waals surface area contributed by atoms with E-state index < -0.39 is 0 Å². The van der Waals surface area contributed by atoms with Crippen LogP contribution in [0.4, 0.5) is 0 Å². The number of nitrogens with one attached hydrogen (secondary N) is 1. The van der Waals surface area contributed by atoms with Gasteiger partial charge in [-0.3, -0.25) is 0 Å². The van der Waals surface area contributed by atoms with E-state index in [9.17, 15) is 0 Å². The quantitative estimate of drug-likeness (QED) is 0.789. The van der Waals surface area contributed by atoms with Crippen LogP contribution in [0, 0.1) is 6.92 Å². The topological polar surface area (TPSA) is 30.5 Å².